The highest BCUT2D eigenvalue weighted by atomic mass is 32.1. The Morgan fingerprint density at radius 1 is 1.35 bits per heavy atom. The van der Waals surface area contributed by atoms with Gasteiger partial charge in [-0.3, -0.25) is 0 Å². The predicted octanol–water partition coefficient (Wildman–Crippen LogP) is 2.84. The number of aromatic nitrogens is 1. The molecule has 1 aromatic carbocycles. The fourth-order valence-corrected chi connectivity index (χ4v) is 2.52. The summed E-state index contributed by atoms with van der Waals surface area (Å²) in [6, 6.07) is 8.69. The highest BCUT2D eigenvalue weighted by molar-refractivity contribution is 7.13. The number of aryl methyl sites for hydroxylation is 1. The van der Waals surface area contributed by atoms with E-state index in [1.54, 1.807) is 7.11 Å². The van der Waals surface area contributed by atoms with Crippen molar-refractivity contribution in [2.75, 3.05) is 12.8 Å². The minimum Gasteiger partial charge on any atom is -0.497 e. The molecular weight excluding hydrogens is 270 g/mol. The minimum absolute atomic E-state index is 0.444. The number of nitrogens with zero attached hydrogens (tertiary/aromatic N) is 1. The number of hydrogen-bond donors (Lipinski definition) is 2. The molecule has 0 aliphatic heterocycles. The first-order valence-corrected chi connectivity index (χ1v) is 7.61. The van der Waals surface area contributed by atoms with Crippen LogP contribution < -0.4 is 15.8 Å². The second kappa shape index (κ2) is 7.26. The zero-order valence-electron chi connectivity index (χ0n) is 11.9. The zero-order valence-corrected chi connectivity index (χ0v) is 12.7. The third-order valence-corrected chi connectivity index (χ3v) is 3.95. The van der Waals surface area contributed by atoms with Crippen LogP contribution in [0.5, 0.6) is 5.75 Å². The number of nitrogen functional groups attached to an aromatic ring is 1. The van der Waals surface area contributed by atoms with Crippen molar-refractivity contribution in [3.8, 4) is 5.75 Å². The molecule has 0 unspecified atom stereocenters. The van der Waals surface area contributed by atoms with Crippen LogP contribution in [-0.2, 0) is 13.0 Å². The summed E-state index contributed by atoms with van der Waals surface area (Å²) < 4.78 is 5.16. The van der Waals surface area contributed by atoms with E-state index in [1.807, 2.05) is 17.5 Å². The highest BCUT2D eigenvalue weighted by Crippen LogP contribution is 2.14. The fourth-order valence-electron chi connectivity index (χ4n) is 1.96. The number of thiazole rings is 1. The van der Waals surface area contributed by atoms with Gasteiger partial charge in [0.15, 0.2) is 5.13 Å². The summed E-state index contributed by atoms with van der Waals surface area (Å²) in [6.07, 6.45) is 2.14. The van der Waals surface area contributed by atoms with E-state index in [9.17, 15) is 0 Å². The number of nitrogens with two attached hydrogens (primary N) is 1. The smallest absolute Gasteiger partial charge is 0.180 e. The lowest BCUT2D eigenvalue weighted by atomic mass is 10.1. The molecule has 0 saturated heterocycles. The molecule has 0 aliphatic carbocycles. The van der Waals surface area contributed by atoms with Crippen LogP contribution in [0.2, 0.25) is 0 Å². The summed E-state index contributed by atoms with van der Waals surface area (Å²) >= 11 is 1.48. The third-order valence-electron chi connectivity index (χ3n) is 3.23. The molecule has 3 N–H and O–H groups in total. The van der Waals surface area contributed by atoms with E-state index in [0.29, 0.717) is 11.2 Å². The predicted molar refractivity (Wildman–Crippen MR) is 84.1 cm³/mol. The van der Waals surface area contributed by atoms with Gasteiger partial charge in [-0.15, -0.1) is 11.3 Å². The molecule has 4 nitrogen and oxygen atoms in total. The minimum atomic E-state index is 0.444. The maximum absolute atomic E-state index is 5.61. The molecule has 0 bridgehead atoms. The first-order valence-electron chi connectivity index (χ1n) is 6.73. The first kappa shape index (κ1) is 14.8. The van der Waals surface area contributed by atoms with Crippen LogP contribution in [0.3, 0.4) is 0 Å². The van der Waals surface area contributed by atoms with E-state index in [-0.39, 0.29) is 0 Å². The van der Waals surface area contributed by atoms with Gasteiger partial charge in [-0.05, 0) is 37.5 Å². The summed E-state index contributed by atoms with van der Waals surface area (Å²) in [4.78, 5) is 4.24. The molecule has 1 heterocycles. The third kappa shape index (κ3) is 4.51. The van der Waals surface area contributed by atoms with Crippen molar-refractivity contribution in [1.29, 1.82) is 0 Å². The summed E-state index contributed by atoms with van der Waals surface area (Å²) in [5.41, 5.74) is 7.96. The van der Waals surface area contributed by atoms with Crippen molar-refractivity contribution >= 4 is 16.5 Å². The SMILES string of the molecule is COc1ccc(CC[C@@H](C)NCc2csc(N)n2)cc1. The van der Waals surface area contributed by atoms with Gasteiger partial charge in [0, 0.05) is 18.0 Å². The Kier molecular flexibility index (Phi) is 5.38. The number of benzene rings is 1. The van der Waals surface area contributed by atoms with Crippen LogP contribution in [-0.4, -0.2) is 18.1 Å². The average molecular weight is 291 g/mol. The molecule has 2 rings (SSSR count). The molecule has 0 amide bonds. The lowest BCUT2D eigenvalue weighted by Gasteiger charge is -2.13. The van der Waals surface area contributed by atoms with Crippen LogP contribution in [0.4, 0.5) is 5.13 Å². The summed E-state index contributed by atoms with van der Waals surface area (Å²) in [7, 11) is 1.69. The zero-order chi connectivity index (χ0) is 14.4. The van der Waals surface area contributed by atoms with Crippen LogP contribution in [0.25, 0.3) is 0 Å². The van der Waals surface area contributed by atoms with Gasteiger partial charge in [-0.2, -0.15) is 0 Å². The van der Waals surface area contributed by atoms with Crippen LogP contribution in [0.1, 0.15) is 24.6 Å². The Bertz CT molecular complexity index is 524. The van der Waals surface area contributed by atoms with Gasteiger partial charge in [-0.1, -0.05) is 12.1 Å². The molecule has 0 spiro atoms. The molecule has 1 atom stereocenters. The topological polar surface area (TPSA) is 60.2 Å². The molecule has 0 fully saturated rings. The van der Waals surface area contributed by atoms with E-state index in [1.165, 1.54) is 16.9 Å². The van der Waals surface area contributed by atoms with E-state index in [4.69, 9.17) is 10.5 Å². The Balaban J connectivity index is 1.72. The second-order valence-corrected chi connectivity index (χ2v) is 5.74. The normalized spacial score (nSPS) is 12.3. The Labute approximate surface area is 124 Å². The highest BCUT2D eigenvalue weighted by Gasteiger charge is 2.04. The van der Waals surface area contributed by atoms with Crippen LogP contribution in [0, 0.1) is 0 Å². The second-order valence-electron chi connectivity index (χ2n) is 4.85. The molecular formula is C15H21N3OS. The quantitative estimate of drug-likeness (QED) is 0.823. The number of hydrogen-bond acceptors (Lipinski definition) is 5. The average Bonchev–Trinajstić information content (AvgIpc) is 2.89. The van der Waals surface area contributed by atoms with Gasteiger partial charge in [-0.25, -0.2) is 4.98 Å². The van der Waals surface area contributed by atoms with Crippen molar-refractivity contribution in [3.05, 3.63) is 40.9 Å². The van der Waals surface area contributed by atoms with E-state index < -0.39 is 0 Å². The van der Waals surface area contributed by atoms with Gasteiger partial charge in [0.1, 0.15) is 5.75 Å². The molecule has 0 aliphatic rings. The van der Waals surface area contributed by atoms with Gasteiger partial charge >= 0.3 is 0 Å². The molecule has 0 radical (unpaired) electrons. The number of nitrogens with one attached hydrogen (secondary N) is 1. The standard InChI is InChI=1S/C15H21N3OS/c1-11(17-9-13-10-20-15(16)18-13)3-4-12-5-7-14(19-2)8-6-12/h5-8,10-11,17H,3-4,9H2,1-2H3,(H2,16,18)/t11-/m1/s1. The van der Waals surface area contributed by atoms with Gasteiger partial charge < -0.3 is 15.8 Å². The monoisotopic (exact) mass is 291 g/mol. The largest absolute Gasteiger partial charge is 0.497 e. The number of anilines is 1. The van der Waals surface area contributed by atoms with E-state index >= 15 is 0 Å². The molecule has 1 aromatic heterocycles. The number of ether oxygens (including phenoxy) is 1. The van der Waals surface area contributed by atoms with Crippen LogP contribution >= 0.6 is 11.3 Å². The molecule has 108 valence electrons. The maximum Gasteiger partial charge on any atom is 0.180 e. The van der Waals surface area contributed by atoms with Gasteiger partial charge in [0.05, 0.1) is 12.8 Å². The van der Waals surface area contributed by atoms with Gasteiger partial charge in [0.2, 0.25) is 0 Å². The van der Waals surface area contributed by atoms with Gasteiger partial charge in [0.25, 0.3) is 0 Å². The first-order chi connectivity index (χ1) is 9.67. The summed E-state index contributed by atoms with van der Waals surface area (Å²) in [5.74, 6) is 0.904. The fraction of sp³-hybridized carbons (Fsp3) is 0.400. The Morgan fingerprint density at radius 2 is 2.10 bits per heavy atom. The number of methoxy groups -OCH3 is 1. The van der Waals surface area contributed by atoms with E-state index in [2.05, 4.69) is 29.4 Å². The Hall–Kier alpha value is -1.59. The van der Waals surface area contributed by atoms with Crippen molar-refractivity contribution < 1.29 is 4.74 Å². The van der Waals surface area contributed by atoms with Crippen molar-refractivity contribution in [1.82, 2.24) is 10.3 Å². The summed E-state index contributed by atoms with van der Waals surface area (Å²) in [5, 5.41) is 6.10. The number of rotatable bonds is 7. The lowest BCUT2D eigenvalue weighted by Crippen LogP contribution is -2.26. The van der Waals surface area contributed by atoms with Crippen molar-refractivity contribution in [2.24, 2.45) is 0 Å². The van der Waals surface area contributed by atoms with Crippen molar-refractivity contribution in [3.63, 3.8) is 0 Å². The molecule has 20 heavy (non-hydrogen) atoms. The Morgan fingerprint density at radius 3 is 2.70 bits per heavy atom. The van der Waals surface area contributed by atoms with Crippen molar-refractivity contribution in [2.45, 2.75) is 32.4 Å². The molecule has 5 heteroatoms. The lowest BCUT2D eigenvalue weighted by molar-refractivity contribution is 0.414. The van der Waals surface area contributed by atoms with Crippen LogP contribution in [0.15, 0.2) is 29.6 Å². The molecule has 2 aromatic rings. The summed E-state index contributed by atoms with van der Waals surface area (Å²) in [6.45, 7) is 2.97. The van der Waals surface area contributed by atoms with E-state index in [0.717, 1.165) is 30.8 Å². The maximum atomic E-state index is 5.61. The molecule has 0 saturated carbocycles.